The Kier molecular flexibility index (Phi) is 11.6. The van der Waals surface area contributed by atoms with Crippen molar-refractivity contribution in [3.05, 3.63) is 48.6 Å². The van der Waals surface area contributed by atoms with Crippen LogP contribution in [0.5, 0.6) is 0 Å². The summed E-state index contributed by atoms with van der Waals surface area (Å²) < 4.78 is 1.22. The zero-order chi connectivity index (χ0) is 18.4. The predicted molar refractivity (Wildman–Crippen MR) is 113 cm³/mol. The first kappa shape index (κ1) is 22.0. The van der Waals surface area contributed by atoms with Crippen molar-refractivity contribution in [2.45, 2.75) is 84.6 Å². The van der Waals surface area contributed by atoms with E-state index in [1.165, 1.54) is 87.5 Å². The fourth-order valence-electron chi connectivity index (χ4n) is 4.11. The van der Waals surface area contributed by atoms with E-state index < -0.39 is 0 Å². The molecule has 0 aliphatic carbocycles. The number of rotatable bonds is 15. The highest BCUT2D eigenvalue weighted by Gasteiger charge is 2.34. The Balaban J connectivity index is 3.09. The summed E-state index contributed by atoms with van der Waals surface area (Å²) in [4.78, 5) is 0. The van der Waals surface area contributed by atoms with Gasteiger partial charge in [-0.1, -0.05) is 76.9 Å². The molecule has 0 fully saturated rings. The van der Waals surface area contributed by atoms with Crippen LogP contribution in [0.4, 0.5) is 0 Å². The van der Waals surface area contributed by atoms with E-state index in [1.807, 2.05) is 0 Å². The molecule has 1 unspecified atom stereocenters. The van der Waals surface area contributed by atoms with Gasteiger partial charge in [-0.3, -0.25) is 0 Å². The first-order valence-electron chi connectivity index (χ1n) is 10.8. The molecule has 0 spiro atoms. The lowest BCUT2D eigenvalue weighted by Crippen LogP contribution is -2.52. The molecule has 25 heavy (non-hydrogen) atoms. The lowest BCUT2D eigenvalue weighted by molar-refractivity contribution is -0.951. The van der Waals surface area contributed by atoms with E-state index >= 15 is 0 Å². The number of benzene rings is 1. The molecule has 1 nitrogen and oxygen atoms in total. The van der Waals surface area contributed by atoms with Crippen LogP contribution in [0, 0.1) is 0 Å². The van der Waals surface area contributed by atoms with Crippen LogP contribution < -0.4 is 0 Å². The molecule has 0 radical (unpaired) electrons. The van der Waals surface area contributed by atoms with Crippen LogP contribution in [0.2, 0.25) is 0 Å². The molecule has 1 heteroatoms. The Morgan fingerprint density at radius 2 is 1.20 bits per heavy atom. The Labute approximate surface area is 157 Å². The number of quaternary nitrogens is 1. The average molecular weight is 345 g/mol. The van der Waals surface area contributed by atoms with Gasteiger partial charge in [-0.05, 0) is 44.6 Å². The Bertz CT molecular complexity index is 410. The van der Waals surface area contributed by atoms with Crippen LogP contribution in [0.15, 0.2) is 43.0 Å². The maximum atomic E-state index is 4.27. The van der Waals surface area contributed by atoms with Crippen molar-refractivity contribution in [1.29, 1.82) is 0 Å². The van der Waals surface area contributed by atoms with E-state index in [2.05, 4.69) is 63.8 Å². The first-order chi connectivity index (χ1) is 12.2. The highest BCUT2D eigenvalue weighted by molar-refractivity contribution is 5.20. The van der Waals surface area contributed by atoms with Gasteiger partial charge in [0.15, 0.2) is 0 Å². The van der Waals surface area contributed by atoms with E-state index in [-0.39, 0.29) is 0 Å². The molecular weight excluding hydrogens is 302 g/mol. The number of unbranched alkanes of at least 4 members (excludes halogenated alkanes) is 6. The fourth-order valence-corrected chi connectivity index (χ4v) is 4.11. The molecule has 1 atom stereocenters. The van der Waals surface area contributed by atoms with Crippen LogP contribution in [-0.2, 0) is 0 Å². The lowest BCUT2D eigenvalue weighted by Gasteiger charge is -2.45. The third kappa shape index (κ3) is 7.36. The van der Waals surface area contributed by atoms with Crippen molar-refractivity contribution in [3.63, 3.8) is 0 Å². The summed E-state index contributed by atoms with van der Waals surface area (Å²) in [5.74, 6) is 0. The zero-order valence-electron chi connectivity index (χ0n) is 17.2. The first-order valence-corrected chi connectivity index (χ1v) is 10.8. The van der Waals surface area contributed by atoms with Crippen molar-refractivity contribution < 1.29 is 4.48 Å². The van der Waals surface area contributed by atoms with Crippen molar-refractivity contribution in [3.8, 4) is 0 Å². The maximum Gasteiger partial charge on any atom is 0.133 e. The highest BCUT2D eigenvalue weighted by atomic mass is 15.4. The van der Waals surface area contributed by atoms with E-state index in [9.17, 15) is 0 Å². The SMILES string of the molecule is C=CC(c1ccccc1)[N+](CCCCC)(CCCCC)CCCCC. The summed E-state index contributed by atoms with van der Waals surface area (Å²) in [6, 6.07) is 11.5. The second-order valence-electron chi connectivity index (χ2n) is 7.60. The average Bonchev–Trinajstić information content (AvgIpc) is 2.64. The summed E-state index contributed by atoms with van der Waals surface area (Å²) in [7, 11) is 0. The van der Waals surface area contributed by atoms with E-state index in [4.69, 9.17) is 0 Å². The van der Waals surface area contributed by atoms with Gasteiger partial charge in [0.2, 0.25) is 0 Å². The number of hydrogen-bond donors (Lipinski definition) is 0. The molecule has 0 N–H and O–H groups in total. The van der Waals surface area contributed by atoms with Crippen LogP contribution in [0.3, 0.4) is 0 Å². The normalized spacial score (nSPS) is 12.9. The summed E-state index contributed by atoms with van der Waals surface area (Å²) >= 11 is 0. The molecule has 0 amide bonds. The molecule has 0 aliphatic rings. The van der Waals surface area contributed by atoms with Crippen molar-refractivity contribution >= 4 is 0 Å². The van der Waals surface area contributed by atoms with Gasteiger partial charge in [0.05, 0.1) is 19.6 Å². The molecule has 0 saturated heterocycles. The zero-order valence-corrected chi connectivity index (χ0v) is 17.2. The molecule has 1 aromatic rings. The van der Waals surface area contributed by atoms with Crippen molar-refractivity contribution in [2.24, 2.45) is 0 Å². The molecule has 0 saturated carbocycles. The van der Waals surface area contributed by atoms with Gasteiger partial charge in [0.1, 0.15) is 6.04 Å². The Morgan fingerprint density at radius 1 is 0.760 bits per heavy atom. The van der Waals surface area contributed by atoms with E-state index in [1.54, 1.807) is 0 Å². The van der Waals surface area contributed by atoms with Gasteiger partial charge in [0.25, 0.3) is 0 Å². The van der Waals surface area contributed by atoms with Crippen LogP contribution >= 0.6 is 0 Å². The second-order valence-corrected chi connectivity index (χ2v) is 7.60. The summed E-state index contributed by atoms with van der Waals surface area (Å²) in [6.45, 7) is 15.1. The summed E-state index contributed by atoms with van der Waals surface area (Å²) in [5, 5.41) is 0. The minimum absolute atomic E-state index is 0.437. The van der Waals surface area contributed by atoms with Crippen LogP contribution in [0.1, 0.15) is 90.2 Å². The molecule has 0 heterocycles. The minimum atomic E-state index is 0.437. The molecule has 142 valence electrons. The third-order valence-electron chi connectivity index (χ3n) is 5.58. The fraction of sp³-hybridized carbons (Fsp3) is 0.667. The smallest absolute Gasteiger partial charge is 0.133 e. The Hall–Kier alpha value is -1.08. The van der Waals surface area contributed by atoms with Crippen LogP contribution in [-0.4, -0.2) is 24.1 Å². The van der Waals surface area contributed by atoms with Gasteiger partial charge < -0.3 is 4.48 Å². The monoisotopic (exact) mass is 344 g/mol. The van der Waals surface area contributed by atoms with Gasteiger partial charge in [-0.25, -0.2) is 0 Å². The minimum Gasteiger partial charge on any atom is -0.314 e. The van der Waals surface area contributed by atoms with Gasteiger partial charge in [0, 0.05) is 5.56 Å². The highest BCUT2D eigenvalue weighted by Crippen LogP contribution is 2.32. The van der Waals surface area contributed by atoms with Gasteiger partial charge in [-0.2, -0.15) is 0 Å². The Morgan fingerprint density at radius 3 is 1.56 bits per heavy atom. The summed E-state index contributed by atoms with van der Waals surface area (Å²) in [5.41, 5.74) is 1.45. The van der Waals surface area contributed by atoms with Gasteiger partial charge >= 0.3 is 0 Å². The molecular formula is C24H42N+. The van der Waals surface area contributed by atoms with Crippen molar-refractivity contribution in [1.82, 2.24) is 0 Å². The summed E-state index contributed by atoms with van der Waals surface area (Å²) in [6.07, 6.45) is 14.2. The largest absolute Gasteiger partial charge is 0.314 e. The molecule has 1 rings (SSSR count). The third-order valence-corrected chi connectivity index (χ3v) is 5.58. The van der Waals surface area contributed by atoms with Crippen molar-refractivity contribution in [2.75, 3.05) is 19.6 Å². The van der Waals surface area contributed by atoms with Gasteiger partial charge in [-0.15, -0.1) is 0 Å². The predicted octanol–water partition coefficient (Wildman–Crippen LogP) is 7.30. The van der Waals surface area contributed by atoms with E-state index in [0.29, 0.717) is 6.04 Å². The number of nitrogens with zero attached hydrogens (tertiary/aromatic N) is 1. The molecule has 0 aliphatic heterocycles. The van der Waals surface area contributed by atoms with Crippen LogP contribution in [0.25, 0.3) is 0 Å². The molecule has 0 aromatic heterocycles. The lowest BCUT2D eigenvalue weighted by atomic mass is 9.98. The second kappa shape index (κ2) is 13.2. The molecule has 0 bridgehead atoms. The standard InChI is InChI=1S/C24H42N/c1-5-9-15-20-25(21-16-10-6-2,22-17-11-7-3)24(8-4)23-18-13-12-14-19-23/h8,12-14,18-19,24H,4-7,9-11,15-17,20-22H2,1-3H3/q+1. The topological polar surface area (TPSA) is 0 Å². The maximum absolute atomic E-state index is 4.27. The quantitative estimate of drug-likeness (QED) is 0.178. The molecule has 1 aromatic carbocycles. The van der Waals surface area contributed by atoms with E-state index in [0.717, 1.165) is 0 Å². The number of hydrogen-bond acceptors (Lipinski definition) is 0.